The van der Waals surface area contributed by atoms with Crippen LogP contribution in [-0.2, 0) is 0 Å². The molecule has 106 valence electrons. The van der Waals surface area contributed by atoms with Crippen LogP contribution in [0.25, 0.3) is 0 Å². The van der Waals surface area contributed by atoms with Gasteiger partial charge in [-0.2, -0.15) is 0 Å². The van der Waals surface area contributed by atoms with Crippen molar-refractivity contribution in [2.24, 2.45) is 5.92 Å². The molecular formula is C14H21F2N3. The van der Waals surface area contributed by atoms with Gasteiger partial charge in [-0.05, 0) is 31.7 Å². The molecule has 0 amide bonds. The summed E-state index contributed by atoms with van der Waals surface area (Å²) in [7, 11) is 0. The van der Waals surface area contributed by atoms with Crippen molar-refractivity contribution in [1.29, 1.82) is 0 Å². The average molecular weight is 269 g/mol. The highest BCUT2D eigenvalue weighted by atomic mass is 19.3. The van der Waals surface area contributed by atoms with Crippen LogP contribution in [0.3, 0.4) is 0 Å². The number of nitrogens with one attached hydrogen (secondary N) is 1. The summed E-state index contributed by atoms with van der Waals surface area (Å²) in [6, 6.07) is 0.0947. The van der Waals surface area contributed by atoms with Crippen LogP contribution in [0.1, 0.15) is 50.6 Å². The lowest BCUT2D eigenvalue weighted by Crippen LogP contribution is -2.34. The molecule has 1 saturated carbocycles. The van der Waals surface area contributed by atoms with Crippen LogP contribution < -0.4 is 5.32 Å². The van der Waals surface area contributed by atoms with E-state index >= 15 is 0 Å². The zero-order chi connectivity index (χ0) is 13.7. The highest BCUT2D eigenvalue weighted by Crippen LogP contribution is 2.41. The molecule has 1 unspecified atom stereocenters. The van der Waals surface area contributed by atoms with Crippen LogP contribution in [0.5, 0.6) is 0 Å². The summed E-state index contributed by atoms with van der Waals surface area (Å²) >= 11 is 0. The molecule has 0 saturated heterocycles. The van der Waals surface area contributed by atoms with E-state index in [1.54, 1.807) is 12.4 Å². The maximum atomic E-state index is 13.3. The molecule has 5 heteroatoms. The van der Waals surface area contributed by atoms with Crippen molar-refractivity contribution in [2.45, 2.75) is 51.0 Å². The highest BCUT2D eigenvalue weighted by Gasteiger charge is 2.37. The van der Waals surface area contributed by atoms with Crippen molar-refractivity contribution < 1.29 is 8.78 Å². The van der Waals surface area contributed by atoms with Crippen LogP contribution in [0.4, 0.5) is 8.78 Å². The van der Waals surface area contributed by atoms with Gasteiger partial charge in [0.25, 0.3) is 0 Å². The molecule has 0 aliphatic heterocycles. The molecule has 2 rings (SSSR count). The summed E-state index contributed by atoms with van der Waals surface area (Å²) in [5, 5.41) is 3.46. The Morgan fingerprint density at radius 1 is 1.32 bits per heavy atom. The second-order valence-electron chi connectivity index (χ2n) is 5.30. The van der Waals surface area contributed by atoms with Crippen LogP contribution >= 0.6 is 0 Å². The molecule has 0 radical (unpaired) electrons. The summed E-state index contributed by atoms with van der Waals surface area (Å²) in [5.41, 5.74) is 1.01. The number of hydrogen-bond donors (Lipinski definition) is 1. The van der Waals surface area contributed by atoms with E-state index in [4.69, 9.17) is 0 Å². The summed E-state index contributed by atoms with van der Waals surface area (Å²) in [5.74, 6) is -2.23. The fraction of sp³-hybridized carbons (Fsp3) is 0.714. The smallest absolute Gasteiger partial charge is 0.248 e. The van der Waals surface area contributed by atoms with Gasteiger partial charge in [0.2, 0.25) is 5.92 Å². The number of alkyl halides is 2. The molecule has 1 aliphatic rings. The quantitative estimate of drug-likeness (QED) is 0.890. The number of hydrogen-bond acceptors (Lipinski definition) is 3. The van der Waals surface area contributed by atoms with Gasteiger partial charge in [-0.15, -0.1) is 0 Å². The van der Waals surface area contributed by atoms with Crippen LogP contribution in [0.2, 0.25) is 0 Å². The van der Waals surface area contributed by atoms with Gasteiger partial charge in [0.05, 0.1) is 0 Å². The Hall–Kier alpha value is -1.10. The lowest BCUT2D eigenvalue weighted by Gasteiger charge is -2.34. The first-order valence-corrected chi connectivity index (χ1v) is 6.98. The number of nitrogens with zero attached hydrogens (tertiary/aromatic N) is 2. The van der Waals surface area contributed by atoms with E-state index < -0.39 is 5.92 Å². The monoisotopic (exact) mass is 269 g/mol. The highest BCUT2D eigenvalue weighted by molar-refractivity contribution is 5.11. The first-order valence-electron chi connectivity index (χ1n) is 6.98. The number of rotatable bonds is 5. The SMILES string of the molecule is CCCNC(c1cncnc1)C1CCC(F)(F)CC1. The average Bonchev–Trinajstić information content (AvgIpc) is 2.42. The molecule has 1 fully saturated rings. The van der Waals surface area contributed by atoms with E-state index in [1.807, 2.05) is 0 Å². The van der Waals surface area contributed by atoms with Gasteiger partial charge in [-0.25, -0.2) is 18.7 Å². The fourth-order valence-electron chi connectivity index (χ4n) is 2.72. The van der Waals surface area contributed by atoms with E-state index in [9.17, 15) is 8.78 Å². The molecule has 0 aromatic carbocycles. The second-order valence-corrected chi connectivity index (χ2v) is 5.30. The standard InChI is InChI=1S/C14H21F2N3/c1-2-7-19-13(12-8-17-10-18-9-12)11-3-5-14(15,16)6-4-11/h8-11,13,19H,2-7H2,1H3. The molecule has 1 N–H and O–H groups in total. The van der Waals surface area contributed by atoms with Crippen molar-refractivity contribution in [3.8, 4) is 0 Å². The Labute approximate surface area is 112 Å². The maximum absolute atomic E-state index is 13.3. The first-order chi connectivity index (χ1) is 9.12. The Balaban J connectivity index is 2.06. The maximum Gasteiger partial charge on any atom is 0.248 e. The van der Waals surface area contributed by atoms with Gasteiger partial charge in [-0.3, -0.25) is 0 Å². The molecule has 1 aromatic rings. The lowest BCUT2D eigenvalue weighted by atomic mass is 9.80. The summed E-state index contributed by atoms with van der Waals surface area (Å²) in [6.07, 6.45) is 7.19. The van der Waals surface area contributed by atoms with Crippen molar-refractivity contribution in [1.82, 2.24) is 15.3 Å². The third-order valence-electron chi connectivity index (χ3n) is 3.79. The Morgan fingerprint density at radius 2 is 1.95 bits per heavy atom. The minimum absolute atomic E-state index is 0.00430. The van der Waals surface area contributed by atoms with Gasteiger partial charge in [0.1, 0.15) is 6.33 Å². The van der Waals surface area contributed by atoms with E-state index in [0.29, 0.717) is 12.8 Å². The third-order valence-corrected chi connectivity index (χ3v) is 3.79. The first kappa shape index (κ1) is 14.3. The van der Waals surface area contributed by atoms with Crippen LogP contribution in [0, 0.1) is 5.92 Å². The van der Waals surface area contributed by atoms with Crippen molar-refractivity contribution in [3.05, 3.63) is 24.3 Å². The largest absolute Gasteiger partial charge is 0.310 e. The molecule has 1 heterocycles. The van der Waals surface area contributed by atoms with Gasteiger partial charge in [0, 0.05) is 36.8 Å². The van der Waals surface area contributed by atoms with E-state index in [0.717, 1.165) is 18.5 Å². The van der Waals surface area contributed by atoms with Gasteiger partial charge >= 0.3 is 0 Å². The van der Waals surface area contributed by atoms with Gasteiger partial charge in [-0.1, -0.05) is 6.92 Å². The van der Waals surface area contributed by atoms with Gasteiger partial charge in [0.15, 0.2) is 0 Å². The molecule has 3 nitrogen and oxygen atoms in total. The zero-order valence-corrected chi connectivity index (χ0v) is 11.3. The van der Waals surface area contributed by atoms with Crippen molar-refractivity contribution >= 4 is 0 Å². The molecule has 1 aromatic heterocycles. The van der Waals surface area contributed by atoms with Gasteiger partial charge < -0.3 is 5.32 Å². The predicted molar refractivity (Wildman–Crippen MR) is 70.0 cm³/mol. The number of halogens is 2. The number of aromatic nitrogens is 2. The molecule has 1 aliphatic carbocycles. The lowest BCUT2D eigenvalue weighted by molar-refractivity contribution is -0.0497. The predicted octanol–water partition coefficient (Wildman–Crippen LogP) is 3.34. The Morgan fingerprint density at radius 3 is 2.53 bits per heavy atom. The van der Waals surface area contributed by atoms with E-state index in [2.05, 4.69) is 22.2 Å². The molecule has 19 heavy (non-hydrogen) atoms. The zero-order valence-electron chi connectivity index (χ0n) is 11.3. The Kier molecular flexibility index (Phi) is 4.80. The molecule has 0 bridgehead atoms. The normalized spacial score (nSPS) is 21.2. The fourth-order valence-corrected chi connectivity index (χ4v) is 2.72. The van der Waals surface area contributed by atoms with Crippen LogP contribution in [0.15, 0.2) is 18.7 Å². The summed E-state index contributed by atoms with van der Waals surface area (Å²) < 4.78 is 26.5. The Bertz CT molecular complexity index is 374. The molecule has 1 atom stereocenters. The molecular weight excluding hydrogens is 248 g/mol. The minimum Gasteiger partial charge on any atom is -0.310 e. The van der Waals surface area contributed by atoms with E-state index in [-0.39, 0.29) is 24.8 Å². The summed E-state index contributed by atoms with van der Waals surface area (Å²) in [4.78, 5) is 8.08. The van der Waals surface area contributed by atoms with Crippen LogP contribution in [-0.4, -0.2) is 22.4 Å². The second kappa shape index (κ2) is 6.37. The summed E-state index contributed by atoms with van der Waals surface area (Å²) in [6.45, 7) is 2.98. The minimum atomic E-state index is -2.47. The van der Waals surface area contributed by atoms with Crippen molar-refractivity contribution in [3.63, 3.8) is 0 Å². The van der Waals surface area contributed by atoms with E-state index in [1.165, 1.54) is 6.33 Å². The van der Waals surface area contributed by atoms with Crippen molar-refractivity contribution in [2.75, 3.05) is 6.54 Å². The third kappa shape index (κ3) is 3.93. The topological polar surface area (TPSA) is 37.8 Å². The molecule has 0 spiro atoms.